The summed E-state index contributed by atoms with van der Waals surface area (Å²) in [4.78, 5) is 11.5. The fourth-order valence-electron chi connectivity index (χ4n) is 1.33. The smallest absolute Gasteiger partial charge is 0.338 e. The number of ether oxygens (including phenoxy) is 2. The Morgan fingerprint density at radius 2 is 2.25 bits per heavy atom. The molecular formula is C11H12O4S. The number of carbonyl (C=O) groups is 1. The molecule has 1 heterocycles. The van der Waals surface area contributed by atoms with Crippen molar-refractivity contribution in [2.24, 2.45) is 0 Å². The molecule has 0 radical (unpaired) electrons. The topological polar surface area (TPSA) is 55.8 Å². The fraction of sp³-hybridized carbons (Fsp3) is 0.364. The first kappa shape index (κ1) is 11.4. The molecule has 2 atom stereocenters. The lowest BCUT2D eigenvalue weighted by molar-refractivity contribution is -0.0918. The number of rotatable bonds is 3. The van der Waals surface area contributed by atoms with Gasteiger partial charge in [-0.15, -0.1) is 11.8 Å². The SMILES string of the molecule is O=C(OC[C@@H]1O[C@H](O)CS1)c1ccccc1. The summed E-state index contributed by atoms with van der Waals surface area (Å²) in [6.07, 6.45) is -0.745. The number of thioether (sulfide) groups is 1. The quantitative estimate of drug-likeness (QED) is 0.806. The molecule has 0 amide bonds. The number of carbonyl (C=O) groups excluding carboxylic acids is 1. The second-order valence-electron chi connectivity index (χ2n) is 3.32. The normalized spacial score (nSPS) is 24.3. The highest BCUT2D eigenvalue weighted by Gasteiger charge is 2.25. The van der Waals surface area contributed by atoms with Gasteiger partial charge in [0.1, 0.15) is 12.0 Å². The maximum absolute atomic E-state index is 11.5. The van der Waals surface area contributed by atoms with Gasteiger partial charge in [-0.05, 0) is 12.1 Å². The molecule has 16 heavy (non-hydrogen) atoms. The lowest BCUT2D eigenvalue weighted by Gasteiger charge is -2.10. The summed E-state index contributed by atoms with van der Waals surface area (Å²) in [6.45, 7) is 0.162. The Bertz CT molecular complexity index is 354. The number of benzene rings is 1. The third-order valence-corrected chi connectivity index (χ3v) is 3.19. The number of esters is 1. The molecule has 5 heteroatoms. The van der Waals surface area contributed by atoms with Crippen LogP contribution in [0, 0.1) is 0 Å². The van der Waals surface area contributed by atoms with E-state index in [0.29, 0.717) is 11.3 Å². The van der Waals surface area contributed by atoms with Crippen LogP contribution >= 0.6 is 11.8 Å². The second-order valence-corrected chi connectivity index (χ2v) is 4.51. The molecule has 0 saturated carbocycles. The average Bonchev–Trinajstić information content (AvgIpc) is 2.73. The first-order valence-electron chi connectivity index (χ1n) is 4.93. The molecule has 1 aliphatic rings. The molecule has 1 fully saturated rings. The van der Waals surface area contributed by atoms with E-state index in [1.807, 2.05) is 6.07 Å². The van der Waals surface area contributed by atoms with Crippen LogP contribution in [-0.4, -0.2) is 35.2 Å². The Morgan fingerprint density at radius 3 is 2.88 bits per heavy atom. The van der Waals surface area contributed by atoms with Gasteiger partial charge in [-0.1, -0.05) is 18.2 Å². The summed E-state index contributed by atoms with van der Waals surface area (Å²) in [7, 11) is 0. The van der Waals surface area contributed by atoms with Gasteiger partial charge in [-0.3, -0.25) is 0 Å². The predicted molar refractivity (Wildman–Crippen MR) is 60.1 cm³/mol. The van der Waals surface area contributed by atoms with Crippen LogP contribution in [0.4, 0.5) is 0 Å². The summed E-state index contributed by atoms with van der Waals surface area (Å²) in [6, 6.07) is 8.78. The largest absolute Gasteiger partial charge is 0.458 e. The molecule has 1 N–H and O–H groups in total. The molecular weight excluding hydrogens is 228 g/mol. The molecule has 2 rings (SSSR count). The van der Waals surface area contributed by atoms with E-state index in [4.69, 9.17) is 14.6 Å². The van der Waals surface area contributed by atoms with Gasteiger partial charge in [0.15, 0.2) is 6.29 Å². The van der Waals surface area contributed by atoms with Gasteiger partial charge >= 0.3 is 5.97 Å². The highest BCUT2D eigenvalue weighted by molar-refractivity contribution is 8.00. The van der Waals surface area contributed by atoms with Gasteiger partial charge < -0.3 is 14.6 Å². The Balaban J connectivity index is 1.80. The minimum atomic E-state index is -0.745. The zero-order valence-corrected chi connectivity index (χ0v) is 9.35. The Morgan fingerprint density at radius 1 is 1.50 bits per heavy atom. The monoisotopic (exact) mass is 240 g/mol. The molecule has 1 aromatic rings. The van der Waals surface area contributed by atoms with E-state index >= 15 is 0 Å². The minimum Gasteiger partial charge on any atom is -0.458 e. The molecule has 1 aliphatic heterocycles. The van der Waals surface area contributed by atoms with Gasteiger partial charge in [0, 0.05) is 5.75 Å². The zero-order chi connectivity index (χ0) is 11.4. The van der Waals surface area contributed by atoms with Crippen molar-refractivity contribution in [1.29, 1.82) is 0 Å². The molecule has 4 nitrogen and oxygen atoms in total. The molecule has 0 aliphatic carbocycles. The van der Waals surface area contributed by atoms with Crippen molar-refractivity contribution >= 4 is 17.7 Å². The Hall–Kier alpha value is -1.04. The van der Waals surface area contributed by atoms with Gasteiger partial charge in [0.25, 0.3) is 0 Å². The van der Waals surface area contributed by atoms with Crippen molar-refractivity contribution in [1.82, 2.24) is 0 Å². The highest BCUT2D eigenvalue weighted by atomic mass is 32.2. The van der Waals surface area contributed by atoms with E-state index in [1.54, 1.807) is 24.3 Å². The van der Waals surface area contributed by atoms with Crippen LogP contribution in [-0.2, 0) is 9.47 Å². The van der Waals surface area contributed by atoms with Crippen LogP contribution in [0.1, 0.15) is 10.4 Å². The van der Waals surface area contributed by atoms with Crippen molar-refractivity contribution in [2.45, 2.75) is 11.7 Å². The van der Waals surface area contributed by atoms with E-state index in [2.05, 4.69) is 0 Å². The summed E-state index contributed by atoms with van der Waals surface area (Å²) >= 11 is 1.44. The number of hydrogen-bond acceptors (Lipinski definition) is 5. The summed E-state index contributed by atoms with van der Waals surface area (Å²) in [5, 5.41) is 9.10. The van der Waals surface area contributed by atoms with E-state index < -0.39 is 6.29 Å². The minimum absolute atomic E-state index is 0.162. The number of hydrogen-bond donors (Lipinski definition) is 1. The van der Waals surface area contributed by atoms with Gasteiger partial charge in [-0.25, -0.2) is 4.79 Å². The van der Waals surface area contributed by atoms with Gasteiger partial charge in [0.2, 0.25) is 0 Å². The van der Waals surface area contributed by atoms with Crippen LogP contribution in [0.5, 0.6) is 0 Å². The van der Waals surface area contributed by atoms with Gasteiger partial charge in [-0.2, -0.15) is 0 Å². The van der Waals surface area contributed by atoms with Crippen molar-refractivity contribution < 1.29 is 19.4 Å². The number of aliphatic hydroxyl groups is 1. The van der Waals surface area contributed by atoms with Crippen molar-refractivity contribution in [3.63, 3.8) is 0 Å². The third-order valence-electron chi connectivity index (χ3n) is 2.09. The van der Waals surface area contributed by atoms with E-state index in [-0.39, 0.29) is 18.0 Å². The first-order chi connectivity index (χ1) is 7.75. The van der Waals surface area contributed by atoms with Crippen LogP contribution in [0.2, 0.25) is 0 Å². The van der Waals surface area contributed by atoms with Crippen molar-refractivity contribution in [2.75, 3.05) is 12.4 Å². The van der Waals surface area contributed by atoms with Crippen LogP contribution in [0.25, 0.3) is 0 Å². The molecule has 0 aromatic heterocycles. The Labute approximate surface area is 97.6 Å². The average molecular weight is 240 g/mol. The van der Waals surface area contributed by atoms with Crippen LogP contribution in [0.3, 0.4) is 0 Å². The van der Waals surface area contributed by atoms with E-state index in [1.165, 1.54) is 11.8 Å². The molecule has 86 valence electrons. The maximum Gasteiger partial charge on any atom is 0.338 e. The lowest BCUT2D eigenvalue weighted by atomic mass is 10.2. The second kappa shape index (κ2) is 5.34. The predicted octanol–water partition coefficient (Wildman–Crippen LogP) is 1.25. The maximum atomic E-state index is 11.5. The van der Waals surface area contributed by atoms with Crippen molar-refractivity contribution in [3.8, 4) is 0 Å². The zero-order valence-electron chi connectivity index (χ0n) is 8.54. The standard InChI is InChI=1S/C11H12O4S/c12-9-7-16-10(15-9)6-14-11(13)8-4-2-1-3-5-8/h1-5,9-10,12H,6-7H2/t9-,10+/m0/s1. The summed E-state index contributed by atoms with van der Waals surface area (Å²) < 4.78 is 10.2. The molecule has 0 spiro atoms. The molecule has 1 saturated heterocycles. The van der Waals surface area contributed by atoms with Gasteiger partial charge in [0.05, 0.1) is 5.56 Å². The van der Waals surface area contributed by atoms with Crippen LogP contribution in [0.15, 0.2) is 30.3 Å². The summed E-state index contributed by atoms with van der Waals surface area (Å²) in [5.74, 6) is 0.152. The van der Waals surface area contributed by atoms with Crippen LogP contribution < -0.4 is 0 Å². The van der Waals surface area contributed by atoms with E-state index in [9.17, 15) is 4.79 Å². The van der Waals surface area contributed by atoms with E-state index in [0.717, 1.165) is 0 Å². The first-order valence-corrected chi connectivity index (χ1v) is 5.98. The number of aliphatic hydroxyl groups excluding tert-OH is 1. The highest BCUT2D eigenvalue weighted by Crippen LogP contribution is 2.23. The fourth-order valence-corrected chi connectivity index (χ4v) is 2.16. The molecule has 0 bridgehead atoms. The molecule has 1 aromatic carbocycles. The molecule has 0 unspecified atom stereocenters. The summed E-state index contributed by atoms with van der Waals surface area (Å²) in [5.41, 5.74) is 0.258. The Kier molecular flexibility index (Phi) is 3.82. The van der Waals surface area contributed by atoms with Crippen molar-refractivity contribution in [3.05, 3.63) is 35.9 Å². The lowest BCUT2D eigenvalue weighted by Crippen LogP contribution is -2.18. The third kappa shape index (κ3) is 2.98.